The second kappa shape index (κ2) is 7.84. The number of hydrogen-bond donors (Lipinski definition) is 1. The molecule has 0 aliphatic carbocycles. The summed E-state index contributed by atoms with van der Waals surface area (Å²) >= 11 is 6.02. The van der Waals surface area contributed by atoms with Crippen LogP contribution < -0.4 is 10.1 Å². The molecule has 0 spiro atoms. The molecule has 1 heterocycles. The van der Waals surface area contributed by atoms with Crippen LogP contribution in [0, 0.1) is 27.7 Å². The van der Waals surface area contributed by atoms with Gasteiger partial charge in [-0.05, 0) is 68.7 Å². The molecular weight excluding hydrogens is 364 g/mol. The molecule has 140 valence electrons. The lowest BCUT2D eigenvalue weighted by atomic mass is 10.1. The third-order valence-electron chi connectivity index (χ3n) is 4.23. The van der Waals surface area contributed by atoms with E-state index in [9.17, 15) is 4.79 Å². The Hall–Kier alpha value is -2.79. The third kappa shape index (κ3) is 4.49. The van der Waals surface area contributed by atoms with Gasteiger partial charge in [0.15, 0.2) is 5.69 Å². The summed E-state index contributed by atoms with van der Waals surface area (Å²) in [5, 5.41) is 7.29. The molecule has 0 unspecified atom stereocenters. The van der Waals surface area contributed by atoms with Crippen LogP contribution >= 0.6 is 11.6 Å². The second-order valence-electron chi connectivity index (χ2n) is 6.59. The molecule has 27 heavy (non-hydrogen) atoms. The fraction of sp³-hybridized carbons (Fsp3) is 0.238. The van der Waals surface area contributed by atoms with Gasteiger partial charge >= 0.3 is 0 Å². The number of aromatic nitrogens is 1. The lowest BCUT2D eigenvalue weighted by molar-refractivity contribution is 0.101. The number of halogens is 1. The molecule has 1 aromatic heterocycles. The van der Waals surface area contributed by atoms with Crippen molar-refractivity contribution in [2.45, 2.75) is 34.3 Å². The molecule has 0 aliphatic heterocycles. The van der Waals surface area contributed by atoms with Crippen LogP contribution in [0.2, 0.25) is 5.02 Å². The number of hydrogen-bond acceptors (Lipinski definition) is 4. The molecule has 0 saturated carbocycles. The number of ether oxygens (including phenoxy) is 1. The normalized spacial score (nSPS) is 10.7. The van der Waals surface area contributed by atoms with Crippen molar-refractivity contribution in [2.24, 2.45) is 0 Å². The minimum absolute atomic E-state index is 0.190. The Morgan fingerprint density at radius 2 is 1.81 bits per heavy atom. The highest BCUT2D eigenvalue weighted by molar-refractivity contribution is 6.31. The summed E-state index contributed by atoms with van der Waals surface area (Å²) in [6.45, 7) is 7.86. The SMILES string of the molecule is Cc1cc(C)cc(OCc2c(C(=O)Nc3cc(Cl)ccc3C)noc2C)c1. The summed E-state index contributed by atoms with van der Waals surface area (Å²) in [4.78, 5) is 12.7. The Morgan fingerprint density at radius 3 is 2.52 bits per heavy atom. The zero-order valence-corrected chi connectivity index (χ0v) is 16.5. The lowest BCUT2D eigenvalue weighted by Crippen LogP contribution is -2.16. The second-order valence-corrected chi connectivity index (χ2v) is 7.03. The first-order valence-electron chi connectivity index (χ1n) is 8.57. The van der Waals surface area contributed by atoms with E-state index in [1.54, 1.807) is 19.1 Å². The van der Waals surface area contributed by atoms with Crippen molar-refractivity contribution < 1.29 is 14.1 Å². The summed E-state index contributed by atoms with van der Waals surface area (Å²) in [6.07, 6.45) is 0. The van der Waals surface area contributed by atoms with Crippen LogP contribution in [0.15, 0.2) is 40.9 Å². The molecule has 1 N–H and O–H groups in total. The molecule has 0 fully saturated rings. The molecule has 0 saturated heterocycles. The van der Waals surface area contributed by atoms with Gasteiger partial charge in [0.25, 0.3) is 5.91 Å². The number of carbonyl (C=O) groups is 1. The van der Waals surface area contributed by atoms with Gasteiger partial charge in [0.05, 0.1) is 5.56 Å². The van der Waals surface area contributed by atoms with Gasteiger partial charge in [-0.3, -0.25) is 4.79 Å². The smallest absolute Gasteiger partial charge is 0.278 e. The largest absolute Gasteiger partial charge is 0.489 e. The Labute approximate surface area is 163 Å². The number of carbonyl (C=O) groups excluding carboxylic acids is 1. The summed E-state index contributed by atoms with van der Waals surface area (Å²) in [7, 11) is 0. The molecule has 6 heteroatoms. The number of nitrogens with one attached hydrogen (secondary N) is 1. The van der Waals surface area contributed by atoms with Crippen molar-refractivity contribution in [1.82, 2.24) is 5.16 Å². The van der Waals surface area contributed by atoms with Crippen molar-refractivity contribution in [3.05, 3.63) is 75.1 Å². The van der Waals surface area contributed by atoms with Crippen molar-refractivity contribution in [3.8, 4) is 5.75 Å². The van der Waals surface area contributed by atoms with Crippen LogP contribution in [-0.2, 0) is 6.61 Å². The number of benzene rings is 2. The first kappa shape index (κ1) is 19.0. The molecule has 0 aliphatic rings. The molecular formula is C21H21ClN2O3. The monoisotopic (exact) mass is 384 g/mol. The van der Waals surface area contributed by atoms with Gasteiger partial charge in [0.1, 0.15) is 18.1 Å². The van der Waals surface area contributed by atoms with Crippen molar-refractivity contribution >= 4 is 23.2 Å². The molecule has 0 atom stereocenters. The first-order valence-corrected chi connectivity index (χ1v) is 8.95. The molecule has 2 aromatic carbocycles. The first-order chi connectivity index (χ1) is 12.8. The van der Waals surface area contributed by atoms with Gasteiger partial charge in [-0.25, -0.2) is 0 Å². The fourth-order valence-electron chi connectivity index (χ4n) is 2.82. The number of anilines is 1. The van der Waals surface area contributed by atoms with Gasteiger partial charge < -0.3 is 14.6 Å². The topological polar surface area (TPSA) is 64.4 Å². The van der Waals surface area contributed by atoms with Crippen LogP contribution in [0.3, 0.4) is 0 Å². The number of amides is 1. The van der Waals surface area contributed by atoms with Gasteiger partial charge in [-0.15, -0.1) is 0 Å². The number of rotatable bonds is 5. The van der Waals surface area contributed by atoms with Gasteiger partial charge in [-0.2, -0.15) is 0 Å². The van der Waals surface area contributed by atoms with E-state index < -0.39 is 0 Å². The van der Waals surface area contributed by atoms with Crippen molar-refractivity contribution in [3.63, 3.8) is 0 Å². The van der Waals surface area contributed by atoms with E-state index in [2.05, 4.69) is 16.5 Å². The highest BCUT2D eigenvalue weighted by atomic mass is 35.5. The average Bonchev–Trinajstić information content (AvgIpc) is 2.96. The Kier molecular flexibility index (Phi) is 5.51. The minimum Gasteiger partial charge on any atom is -0.489 e. The number of nitrogens with zero attached hydrogens (tertiary/aromatic N) is 1. The number of aryl methyl sites for hydroxylation is 4. The van der Waals surface area contributed by atoms with E-state index >= 15 is 0 Å². The summed E-state index contributed by atoms with van der Waals surface area (Å²) in [5.74, 6) is 0.925. The molecule has 1 amide bonds. The lowest BCUT2D eigenvalue weighted by Gasteiger charge is -2.10. The minimum atomic E-state index is -0.365. The summed E-state index contributed by atoms with van der Waals surface area (Å²) in [6, 6.07) is 11.3. The molecule has 5 nitrogen and oxygen atoms in total. The van der Waals surface area contributed by atoms with E-state index in [0.717, 1.165) is 22.4 Å². The average molecular weight is 385 g/mol. The zero-order valence-electron chi connectivity index (χ0n) is 15.7. The van der Waals surface area contributed by atoms with Crippen molar-refractivity contribution in [2.75, 3.05) is 5.32 Å². The predicted molar refractivity (Wildman–Crippen MR) is 106 cm³/mol. The maximum atomic E-state index is 12.7. The molecule has 3 rings (SSSR count). The van der Waals surface area contributed by atoms with Crippen LogP contribution in [0.4, 0.5) is 5.69 Å². The Balaban J connectivity index is 1.79. The Bertz CT molecular complexity index is 975. The van der Waals surface area contributed by atoms with Crippen molar-refractivity contribution in [1.29, 1.82) is 0 Å². The fourth-order valence-corrected chi connectivity index (χ4v) is 2.99. The maximum absolute atomic E-state index is 12.7. The van der Waals surface area contributed by atoms with Gasteiger partial charge in [0, 0.05) is 10.7 Å². The van der Waals surface area contributed by atoms with E-state index in [-0.39, 0.29) is 18.2 Å². The highest BCUT2D eigenvalue weighted by Crippen LogP contribution is 2.23. The zero-order chi connectivity index (χ0) is 19.6. The summed E-state index contributed by atoms with van der Waals surface area (Å²) < 4.78 is 11.1. The van der Waals surface area contributed by atoms with Gasteiger partial charge in [0.2, 0.25) is 0 Å². The molecule has 3 aromatic rings. The summed E-state index contributed by atoms with van der Waals surface area (Å²) in [5.41, 5.74) is 4.58. The standard InChI is InChI=1S/C21H21ClN2O3/c1-12-7-13(2)9-17(8-12)26-11-18-15(4)27-24-20(18)21(25)23-19-10-16(22)6-5-14(19)3/h5-10H,11H2,1-4H3,(H,23,25). The van der Waals surface area contributed by atoms with Crippen LogP contribution in [0.25, 0.3) is 0 Å². The van der Waals surface area contributed by atoms with E-state index in [4.69, 9.17) is 20.9 Å². The third-order valence-corrected chi connectivity index (χ3v) is 4.46. The quantitative estimate of drug-likeness (QED) is 0.640. The molecule has 0 radical (unpaired) electrons. The predicted octanol–water partition coefficient (Wildman–Crippen LogP) is 5.39. The van der Waals surface area contributed by atoms with E-state index in [1.807, 2.05) is 39.0 Å². The van der Waals surface area contributed by atoms with Gasteiger partial charge in [-0.1, -0.05) is 28.9 Å². The van der Waals surface area contributed by atoms with Crippen LogP contribution in [0.1, 0.15) is 38.5 Å². The Morgan fingerprint density at radius 1 is 1.11 bits per heavy atom. The highest BCUT2D eigenvalue weighted by Gasteiger charge is 2.21. The van der Waals surface area contributed by atoms with E-state index in [1.165, 1.54) is 0 Å². The molecule has 0 bridgehead atoms. The maximum Gasteiger partial charge on any atom is 0.278 e. The van der Waals surface area contributed by atoms with E-state index in [0.29, 0.717) is 22.0 Å². The van der Waals surface area contributed by atoms with Crippen LogP contribution in [-0.4, -0.2) is 11.1 Å². The van der Waals surface area contributed by atoms with Crippen LogP contribution in [0.5, 0.6) is 5.75 Å².